The van der Waals surface area contributed by atoms with E-state index in [1.807, 2.05) is 25.7 Å². The fraction of sp³-hybridized carbons (Fsp3) is 0.486. The zero-order valence-corrected chi connectivity index (χ0v) is 28.8. The SMILES string of the molecule is CCNC(=O)NCC(=O)NCc1ccc(N(Cc2ccccc2)C2CCN(C3(C)CCN(C(=O)c4c(C)ncnc4C)CC3)CC2)cc1. The summed E-state index contributed by atoms with van der Waals surface area (Å²) in [5.41, 5.74) is 5.63. The van der Waals surface area contributed by atoms with Gasteiger partial charge in [0.2, 0.25) is 5.91 Å². The second-order valence-electron chi connectivity index (χ2n) is 13.2. The van der Waals surface area contributed by atoms with Crippen LogP contribution in [0, 0.1) is 13.8 Å². The van der Waals surface area contributed by atoms with E-state index in [0.717, 1.165) is 75.4 Å². The van der Waals surface area contributed by atoms with Crippen molar-refractivity contribution in [1.82, 2.24) is 35.7 Å². The van der Waals surface area contributed by atoms with Crippen molar-refractivity contribution >= 4 is 23.5 Å². The molecule has 5 rings (SSSR count). The third kappa shape index (κ3) is 8.69. The molecule has 0 bridgehead atoms. The topological polar surface area (TPSA) is 123 Å². The molecule has 11 nitrogen and oxygen atoms in total. The Morgan fingerprint density at radius 2 is 1.50 bits per heavy atom. The number of urea groups is 1. The number of carbonyl (C=O) groups excluding carboxylic acids is 3. The number of hydrogen-bond donors (Lipinski definition) is 3. The predicted octanol–water partition coefficient (Wildman–Crippen LogP) is 4.19. The summed E-state index contributed by atoms with van der Waals surface area (Å²) in [5.74, 6) is -0.186. The largest absolute Gasteiger partial charge is 0.364 e. The minimum absolute atomic E-state index is 0.0461. The van der Waals surface area contributed by atoms with Gasteiger partial charge in [-0.1, -0.05) is 42.5 Å². The lowest BCUT2D eigenvalue weighted by Crippen LogP contribution is -2.58. The lowest BCUT2D eigenvalue weighted by atomic mass is 9.85. The molecule has 48 heavy (non-hydrogen) atoms. The molecule has 11 heteroatoms. The molecule has 2 aromatic carbocycles. The van der Waals surface area contributed by atoms with Crippen molar-refractivity contribution in [2.45, 2.75) is 78.0 Å². The molecule has 2 saturated heterocycles. The standard InChI is InChI=1S/C37H50N8O3/c1-5-38-36(48)40-24-33(46)39-23-29-11-13-31(14-12-29)45(25-30-9-7-6-8-10-30)32-15-19-44(20-16-32)37(4)17-21-43(22-18-37)35(47)34-27(2)41-26-42-28(34)3/h6-14,26,32H,5,15-25H2,1-4H3,(H,39,46)(H2,38,40,48). The van der Waals surface area contributed by atoms with Crippen molar-refractivity contribution in [2.24, 2.45) is 0 Å². The van der Waals surface area contributed by atoms with Crippen LogP contribution in [0.5, 0.6) is 0 Å². The Morgan fingerprint density at radius 3 is 2.12 bits per heavy atom. The van der Waals surface area contributed by atoms with Gasteiger partial charge >= 0.3 is 6.03 Å². The van der Waals surface area contributed by atoms with Crippen molar-refractivity contribution in [3.63, 3.8) is 0 Å². The van der Waals surface area contributed by atoms with Gasteiger partial charge in [-0.25, -0.2) is 14.8 Å². The molecule has 0 spiro atoms. The smallest absolute Gasteiger partial charge is 0.315 e. The third-order valence-corrected chi connectivity index (χ3v) is 9.94. The summed E-state index contributed by atoms with van der Waals surface area (Å²) < 4.78 is 0. The molecule has 0 radical (unpaired) electrons. The highest BCUT2D eigenvalue weighted by atomic mass is 16.2. The summed E-state index contributed by atoms with van der Waals surface area (Å²) in [4.78, 5) is 52.9. The van der Waals surface area contributed by atoms with Gasteiger partial charge in [0.1, 0.15) is 6.33 Å². The van der Waals surface area contributed by atoms with Crippen LogP contribution in [0.2, 0.25) is 0 Å². The molecule has 1 aromatic heterocycles. The maximum atomic E-state index is 13.4. The van der Waals surface area contributed by atoms with Crippen molar-refractivity contribution in [3.8, 4) is 0 Å². The van der Waals surface area contributed by atoms with E-state index in [9.17, 15) is 14.4 Å². The lowest BCUT2D eigenvalue weighted by molar-refractivity contribution is -0.120. The van der Waals surface area contributed by atoms with Crippen molar-refractivity contribution in [1.29, 1.82) is 0 Å². The molecule has 3 heterocycles. The molecule has 0 atom stereocenters. The van der Waals surface area contributed by atoms with Crippen LogP contribution >= 0.6 is 0 Å². The normalized spacial score (nSPS) is 16.6. The van der Waals surface area contributed by atoms with Crippen LogP contribution in [-0.4, -0.2) is 88.5 Å². The molecule has 0 saturated carbocycles. The molecule has 4 amide bonds. The van der Waals surface area contributed by atoms with E-state index in [-0.39, 0.29) is 29.9 Å². The molecule has 256 valence electrons. The number of likely N-dealkylation sites (tertiary alicyclic amines) is 2. The molecule has 0 unspecified atom stereocenters. The molecule has 2 aliphatic heterocycles. The first-order chi connectivity index (χ1) is 23.2. The van der Waals surface area contributed by atoms with Gasteiger partial charge in [0.05, 0.1) is 23.5 Å². The Hall–Kier alpha value is -4.51. The number of nitrogens with one attached hydrogen (secondary N) is 3. The summed E-state index contributed by atoms with van der Waals surface area (Å²) >= 11 is 0. The van der Waals surface area contributed by atoms with Gasteiger partial charge < -0.3 is 25.8 Å². The van der Waals surface area contributed by atoms with E-state index in [4.69, 9.17) is 0 Å². The van der Waals surface area contributed by atoms with E-state index in [0.29, 0.717) is 24.7 Å². The summed E-state index contributed by atoms with van der Waals surface area (Å²) in [6.07, 6.45) is 5.53. The average Bonchev–Trinajstić information content (AvgIpc) is 3.10. The first-order valence-corrected chi connectivity index (χ1v) is 17.2. The average molecular weight is 655 g/mol. The minimum Gasteiger partial charge on any atom is -0.364 e. The summed E-state index contributed by atoms with van der Waals surface area (Å²) in [7, 11) is 0. The zero-order valence-electron chi connectivity index (χ0n) is 28.8. The Balaban J connectivity index is 1.18. The van der Waals surface area contributed by atoms with E-state index in [1.165, 1.54) is 17.6 Å². The highest BCUT2D eigenvalue weighted by Crippen LogP contribution is 2.34. The third-order valence-electron chi connectivity index (χ3n) is 9.94. The van der Waals surface area contributed by atoms with Crippen LogP contribution in [0.25, 0.3) is 0 Å². The van der Waals surface area contributed by atoms with Gasteiger partial charge in [-0.3, -0.25) is 14.5 Å². The first-order valence-electron chi connectivity index (χ1n) is 17.2. The van der Waals surface area contributed by atoms with Crippen LogP contribution in [0.4, 0.5) is 10.5 Å². The molecule has 2 aliphatic rings. The number of anilines is 1. The van der Waals surface area contributed by atoms with Crippen molar-refractivity contribution < 1.29 is 14.4 Å². The highest BCUT2D eigenvalue weighted by Gasteiger charge is 2.39. The van der Waals surface area contributed by atoms with Crippen LogP contribution in [0.3, 0.4) is 0 Å². The number of amides is 4. The van der Waals surface area contributed by atoms with Crippen LogP contribution in [0.15, 0.2) is 60.9 Å². The second kappa shape index (κ2) is 16.1. The second-order valence-corrected chi connectivity index (χ2v) is 13.2. The number of benzene rings is 2. The van der Waals surface area contributed by atoms with E-state index < -0.39 is 0 Å². The molecule has 3 N–H and O–H groups in total. The zero-order chi connectivity index (χ0) is 34.1. The van der Waals surface area contributed by atoms with Gasteiger partial charge in [-0.05, 0) is 76.6 Å². The quantitative estimate of drug-likeness (QED) is 0.283. The van der Waals surface area contributed by atoms with Crippen molar-refractivity contribution in [3.05, 3.63) is 89.0 Å². The van der Waals surface area contributed by atoms with E-state index >= 15 is 0 Å². The van der Waals surface area contributed by atoms with Crippen LogP contribution in [0.1, 0.15) is 72.4 Å². The van der Waals surface area contributed by atoms with Gasteiger partial charge in [0, 0.05) is 63.1 Å². The number of piperidine rings is 2. The van der Waals surface area contributed by atoms with Gasteiger partial charge in [-0.2, -0.15) is 0 Å². The van der Waals surface area contributed by atoms with Crippen LogP contribution < -0.4 is 20.9 Å². The van der Waals surface area contributed by atoms with Gasteiger partial charge in [0.15, 0.2) is 0 Å². The molecule has 0 aliphatic carbocycles. The molecular formula is C37H50N8O3. The van der Waals surface area contributed by atoms with E-state index in [2.05, 4.69) is 97.2 Å². The molecule has 2 fully saturated rings. The Kier molecular flexibility index (Phi) is 11.6. The first kappa shape index (κ1) is 34.8. The van der Waals surface area contributed by atoms with Crippen molar-refractivity contribution in [2.75, 3.05) is 44.2 Å². The Morgan fingerprint density at radius 1 is 0.854 bits per heavy atom. The fourth-order valence-electron chi connectivity index (χ4n) is 6.95. The number of carbonyl (C=O) groups is 3. The lowest BCUT2D eigenvalue weighted by Gasteiger charge is -2.50. The summed E-state index contributed by atoms with van der Waals surface area (Å²) in [6.45, 7) is 13.1. The number of aromatic nitrogens is 2. The maximum Gasteiger partial charge on any atom is 0.315 e. The number of nitrogens with zero attached hydrogens (tertiary/aromatic N) is 5. The monoisotopic (exact) mass is 654 g/mol. The summed E-state index contributed by atoms with van der Waals surface area (Å²) in [5, 5.41) is 8.05. The number of rotatable bonds is 11. The molecular weight excluding hydrogens is 604 g/mol. The predicted molar refractivity (Wildman–Crippen MR) is 188 cm³/mol. The number of aryl methyl sites for hydroxylation is 2. The molecule has 3 aromatic rings. The maximum absolute atomic E-state index is 13.4. The van der Waals surface area contributed by atoms with Gasteiger partial charge in [-0.15, -0.1) is 0 Å². The minimum atomic E-state index is -0.350. The van der Waals surface area contributed by atoms with Crippen LogP contribution in [-0.2, 0) is 17.9 Å². The van der Waals surface area contributed by atoms with E-state index in [1.54, 1.807) is 0 Å². The van der Waals surface area contributed by atoms with Gasteiger partial charge in [0.25, 0.3) is 5.91 Å². The number of hydrogen-bond acceptors (Lipinski definition) is 7. The highest BCUT2D eigenvalue weighted by molar-refractivity contribution is 5.96. The Labute approximate surface area is 284 Å². The summed E-state index contributed by atoms with van der Waals surface area (Å²) in [6, 6.07) is 19.1. The Bertz CT molecular complexity index is 1510. The fourth-order valence-corrected chi connectivity index (χ4v) is 6.95.